The van der Waals surface area contributed by atoms with Crippen LogP contribution in [0, 0.1) is 5.92 Å². The molecule has 0 saturated heterocycles. The van der Waals surface area contributed by atoms with Gasteiger partial charge in [-0.05, 0) is 20.0 Å². The second-order valence-corrected chi connectivity index (χ2v) is 4.69. The Morgan fingerprint density at radius 1 is 1.62 bits per heavy atom. The molecular formula is C11H20N4S. The molecule has 16 heavy (non-hydrogen) atoms. The van der Waals surface area contributed by atoms with Gasteiger partial charge in [0.2, 0.25) is 0 Å². The van der Waals surface area contributed by atoms with Gasteiger partial charge in [-0.1, -0.05) is 19.1 Å². The molecule has 1 aromatic rings. The van der Waals surface area contributed by atoms with Crippen LogP contribution in [0.4, 0.5) is 0 Å². The molecule has 0 amide bonds. The number of thiocarbonyl (C=S) groups is 1. The molecule has 0 aromatic carbocycles. The molecule has 4 nitrogen and oxygen atoms in total. The van der Waals surface area contributed by atoms with Crippen molar-refractivity contribution in [2.45, 2.75) is 19.9 Å². The van der Waals surface area contributed by atoms with Gasteiger partial charge in [0.1, 0.15) is 0 Å². The Hall–Kier alpha value is -0.940. The van der Waals surface area contributed by atoms with Gasteiger partial charge < -0.3 is 15.2 Å². The van der Waals surface area contributed by atoms with Crippen molar-refractivity contribution in [1.82, 2.24) is 14.5 Å². The molecule has 90 valence electrons. The van der Waals surface area contributed by atoms with Crippen LogP contribution < -0.4 is 5.73 Å². The molecule has 0 saturated carbocycles. The molecule has 1 heterocycles. The van der Waals surface area contributed by atoms with Crippen LogP contribution in [0.15, 0.2) is 18.7 Å². The third-order valence-electron chi connectivity index (χ3n) is 2.59. The summed E-state index contributed by atoms with van der Waals surface area (Å²) < 4.78 is 2.09. The topological polar surface area (TPSA) is 47.1 Å². The first kappa shape index (κ1) is 13.1. The van der Waals surface area contributed by atoms with Gasteiger partial charge in [-0.2, -0.15) is 0 Å². The van der Waals surface area contributed by atoms with Gasteiger partial charge in [0, 0.05) is 31.4 Å². The molecule has 1 atom stereocenters. The average Bonchev–Trinajstić information content (AvgIpc) is 2.70. The lowest BCUT2D eigenvalue weighted by atomic mass is 10.1. The summed E-state index contributed by atoms with van der Waals surface area (Å²) in [5.74, 6) is 0.285. The fourth-order valence-electron chi connectivity index (χ4n) is 1.59. The van der Waals surface area contributed by atoms with Crippen LogP contribution >= 0.6 is 12.2 Å². The lowest BCUT2D eigenvalue weighted by Gasteiger charge is -2.20. The summed E-state index contributed by atoms with van der Waals surface area (Å²) in [7, 11) is 2.10. The first-order valence-corrected chi connectivity index (χ1v) is 5.94. The Morgan fingerprint density at radius 3 is 2.94 bits per heavy atom. The van der Waals surface area contributed by atoms with E-state index in [0.29, 0.717) is 4.99 Å². The quantitative estimate of drug-likeness (QED) is 0.726. The van der Waals surface area contributed by atoms with Crippen LogP contribution in [-0.4, -0.2) is 39.6 Å². The largest absolute Gasteiger partial charge is 0.393 e. The molecule has 1 unspecified atom stereocenters. The van der Waals surface area contributed by atoms with Gasteiger partial charge in [0.05, 0.1) is 11.3 Å². The average molecular weight is 240 g/mol. The van der Waals surface area contributed by atoms with Crippen LogP contribution in [0.1, 0.15) is 13.3 Å². The van der Waals surface area contributed by atoms with Crippen molar-refractivity contribution >= 4 is 17.2 Å². The molecule has 1 rings (SSSR count). The highest BCUT2D eigenvalue weighted by Gasteiger charge is 2.08. The third-order valence-corrected chi connectivity index (χ3v) is 2.99. The van der Waals surface area contributed by atoms with E-state index in [1.165, 1.54) is 0 Å². The van der Waals surface area contributed by atoms with E-state index in [4.69, 9.17) is 18.0 Å². The lowest BCUT2D eigenvalue weighted by Crippen LogP contribution is -2.32. The first-order chi connectivity index (χ1) is 7.59. The summed E-state index contributed by atoms with van der Waals surface area (Å²) in [5.41, 5.74) is 5.58. The standard InChI is InChI=1S/C11H20N4S/c1-10(11(12)16)8-14(2)5-3-6-15-7-4-13-9-15/h4,7,9-10H,3,5-6,8H2,1-2H3,(H2,12,16). The zero-order chi connectivity index (χ0) is 12.0. The molecule has 0 bridgehead atoms. The molecule has 0 aliphatic heterocycles. The number of rotatable bonds is 7. The predicted octanol–water partition coefficient (Wildman–Crippen LogP) is 1.13. The summed E-state index contributed by atoms with van der Waals surface area (Å²) in [6.45, 7) is 5.05. The van der Waals surface area contributed by atoms with Gasteiger partial charge in [0.25, 0.3) is 0 Å². The van der Waals surface area contributed by atoms with E-state index in [-0.39, 0.29) is 5.92 Å². The van der Waals surface area contributed by atoms with E-state index in [0.717, 1.165) is 26.1 Å². The Kier molecular flexibility index (Phi) is 5.42. The van der Waals surface area contributed by atoms with E-state index < -0.39 is 0 Å². The maximum atomic E-state index is 5.58. The number of aryl methyl sites for hydroxylation is 1. The fourth-order valence-corrected chi connectivity index (χ4v) is 1.67. The molecule has 0 aliphatic carbocycles. The van der Waals surface area contributed by atoms with E-state index in [1.54, 1.807) is 6.20 Å². The van der Waals surface area contributed by atoms with Gasteiger partial charge in [-0.25, -0.2) is 4.98 Å². The summed E-state index contributed by atoms with van der Waals surface area (Å²) in [4.78, 5) is 6.87. The summed E-state index contributed by atoms with van der Waals surface area (Å²) in [6.07, 6.45) is 6.74. The highest BCUT2D eigenvalue weighted by Crippen LogP contribution is 2.00. The molecular weight excluding hydrogens is 220 g/mol. The van der Waals surface area contributed by atoms with Crippen molar-refractivity contribution in [3.05, 3.63) is 18.7 Å². The van der Waals surface area contributed by atoms with Crippen molar-refractivity contribution < 1.29 is 0 Å². The third kappa shape index (κ3) is 4.72. The molecule has 0 spiro atoms. The Morgan fingerprint density at radius 2 is 2.38 bits per heavy atom. The summed E-state index contributed by atoms with van der Waals surface area (Å²) in [5, 5.41) is 0. The zero-order valence-electron chi connectivity index (χ0n) is 9.97. The van der Waals surface area contributed by atoms with Crippen LogP contribution in [0.2, 0.25) is 0 Å². The molecule has 1 aromatic heterocycles. The van der Waals surface area contributed by atoms with Crippen molar-refractivity contribution in [2.24, 2.45) is 11.7 Å². The molecule has 2 N–H and O–H groups in total. The Bertz CT molecular complexity index is 310. The van der Waals surface area contributed by atoms with E-state index in [2.05, 4.69) is 28.4 Å². The first-order valence-electron chi connectivity index (χ1n) is 5.53. The van der Waals surface area contributed by atoms with Gasteiger partial charge in [-0.3, -0.25) is 0 Å². The monoisotopic (exact) mass is 240 g/mol. The number of hydrogen-bond acceptors (Lipinski definition) is 3. The van der Waals surface area contributed by atoms with E-state index >= 15 is 0 Å². The number of hydrogen-bond donors (Lipinski definition) is 1. The Labute approximate surface area is 102 Å². The van der Waals surface area contributed by atoms with E-state index in [9.17, 15) is 0 Å². The smallest absolute Gasteiger partial charge is 0.0945 e. The minimum atomic E-state index is 0.285. The highest BCUT2D eigenvalue weighted by atomic mass is 32.1. The second kappa shape index (κ2) is 6.60. The highest BCUT2D eigenvalue weighted by molar-refractivity contribution is 7.80. The maximum Gasteiger partial charge on any atom is 0.0945 e. The van der Waals surface area contributed by atoms with Crippen LogP contribution in [0.3, 0.4) is 0 Å². The van der Waals surface area contributed by atoms with Crippen LogP contribution in [-0.2, 0) is 6.54 Å². The normalized spacial score (nSPS) is 12.9. The molecule has 0 radical (unpaired) electrons. The number of imidazole rings is 1. The summed E-state index contributed by atoms with van der Waals surface area (Å²) >= 11 is 4.95. The minimum Gasteiger partial charge on any atom is -0.393 e. The van der Waals surface area contributed by atoms with Crippen LogP contribution in [0.5, 0.6) is 0 Å². The molecule has 0 fully saturated rings. The van der Waals surface area contributed by atoms with Gasteiger partial charge in [0.15, 0.2) is 0 Å². The minimum absolute atomic E-state index is 0.285. The van der Waals surface area contributed by atoms with Crippen molar-refractivity contribution in [3.8, 4) is 0 Å². The molecule has 5 heteroatoms. The maximum absolute atomic E-state index is 5.58. The predicted molar refractivity (Wildman–Crippen MR) is 70.3 cm³/mol. The second-order valence-electron chi connectivity index (χ2n) is 4.22. The van der Waals surface area contributed by atoms with E-state index in [1.807, 2.05) is 12.5 Å². The number of aromatic nitrogens is 2. The SMILES string of the molecule is CC(CN(C)CCCn1ccnc1)C(N)=S. The van der Waals surface area contributed by atoms with Crippen LogP contribution in [0.25, 0.3) is 0 Å². The van der Waals surface area contributed by atoms with Gasteiger partial charge in [-0.15, -0.1) is 0 Å². The number of nitrogens with two attached hydrogens (primary N) is 1. The zero-order valence-corrected chi connectivity index (χ0v) is 10.8. The summed E-state index contributed by atoms with van der Waals surface area (Å²) in [6, 6.07) is 0. The Balaban J connectivity index is 2.15. The molecule has 0 aliphatic rings. The number of nitrogens with zero attached hydrogens (tertiary/aromatic N) is 3. The van der Waals surface area contributed by atoms with Crippen molar-refractivity contribution in [2.75, 3.05) is 20.1 Å². The van der Waals surface area contributed by atoms with Crippen molar-refractivity contribution in [3.63, 3.8) is 0 Å². The fraction of sp³-hybridized carbons (Fsp3) is 0.636. The van der Waals surface area contributed by atoms with Crippen molar-refractivity contribution in [1.29, 1.82) is 0 Å². The lowest BCUT2D eigenvalue weighted by molar-refractivity contribution is 0.304. The van der Waals surface area contributed by atoms with Gasteiger partial charge >= 0.3 is 0 Å².